The van der Waals surface area contributed by atoms with Crippen LogP contribution in [0.3, 0.4) is 0 Å². The number of rotatable bonds is 21. The molecule has 0 bridgehead atoms. The van der Waals surface area contributed by atoms with E-state index in [1.165, 1.54) is 83.5 Å². The van der Waals surface area contributed by atoms with Crippen LogP contribution in [0.5, 0.6) is 0 Å². The zero-order valence-corrected chi connectivity index (χ0v) is 19.5. The first-order chi connectivity index (χ1) is 14.2. The predicted octanol–water partition coefficient (Wildman–Crippen LogP) is 7.05. The summed E-state index contributed by atoms with van der Waals surface area (Å²) in [6.45, 7) is 0.595. The van der Waals surface area contributed by atoms with Crippen LogP contribution in [0.1, 0.15) is 122 Å². The maximum atomic E-state index is 12.9. The van der Waals surface area contributed by atoms with Crippen molar-refractivity contribution in [2.75, 3.05) is 6.61 Å². The predicted molar refractivity (Wildman–Crippen MR) is 116 cm³/mol. The number of hydrogen-bond acceptors (Lipinski definition) is 4. The van der Waals surface area contributed by atoms with Gasteiger partial charge >= 0.3 is 21.3 Å². The highest BCUT2D eigenvalue weighted by molar-refractivity contribution is 7.86. The molecule has 0 aliphatic rings. The zero-order valence-electron chi connectivity index (χ0n) is 18.7. The van der Waals surface area contributed by atoms with Gasteiger partial charge in [-0.3, -0.25) is 9.35 Å². The molecule has 0 radical (unpaired) electrons. The van der Waals surface area contributed by atoms with Gasteiger partial charge in [0.25, 0.3) is 0 Å². The van der Waals surface area contributed by atoms with Gasteiger partial charge in [0, 0.05) is 6.42 Å². The van der Waals surface area contributed by atoms with Crippen LogP contribution in [0.2, 0.25) is 0 Å². The molecule has 5 nitrogen and oxygen atoms in total. The van der Waals surface area contributed by atoms with Gasteiger partial charge in [-0.25, -0.2) is 0 Å². The van der Waals surface area contributed by atoms with Crippen molar-refractivity contribution in [3.63, 3.8) is 0 Å². The van der Waals surface area contributed by atoms with Gasteiger partial charge < -0.3 is 4.74 Å². The maximum Gasteiger partial charge on any atom is 0.402 e. The Balaban J connectivity index is 3.34. The highest BCUT2D eigenvalue weighted by Crippen LogP contribution is 2.21. The molecule has 0 amide bonds. The fraction of sp³-hybridized carbons (Fsp3) is 0.955. The molecule has 0 aliphatic carbocycles. The second-order valence-corrected chi connectivity index (χ2v) is 9.73. The van der Waals surface area contributed by atoms with Crippen LogP contribution in [0.4, 0.5) is 8.78 Å². The second-order valence-electron chi connectivity index (χ2n) is 8.18. The Labute approximate surface area is 182 Å². The van der Waals surface area contributed by atoms with E-state index in [-0.39, 0.29) is 6.42 Å². The van der Waals surface area contributed by atoms with E-state index < -0.39 is 27.9 Å². The first-order valence-corrected chi connectivity index (χ1v) is 13.1. The number of ether oxygens (including phenoxy) is 1. The molecule has 0 aromatic rings. The van der Waals surface area contributed by atoms with Crippen LogP contribution < -0.4 is 0 Å². The van der Waals surface area contributed by atoms with Gasteiger partial charge in [0.1, 0.15) is 0 Å². The maximum absolute atomic E-state index is 12.9. The molecule has 0 heterocycles. The van der Waals surface area contributed by atoms with Crippen LogP contribution in [0.25, 0.3) is 0 Å². The van der Waals surface area contributed by atoms with Crippen LogP contribution in [0.15, 0.2) is 0 Å². The minimum atomic E-state index is -5.56. The number of carbonyl (C=O) groups is 1. The first kappa shape index (κ1) is 29.2. The Bertz CT molecular complexity index is 524. The lowest BCUT2D eigenvalue weighted by molar-refractivity contribution is -0.149. The van der Waals surface area contributed by atoms with Gasteiger partial charge in [-0.05, 0) is 6.42 Å². The van der Waals surface area contributed by atoms with E-state index in [2.05, 4.69) is 11.7 Å². The highest BCUT2D eigenvalue weighted by atomic mass is 32.2. The van der Waals surface area contributed by atoms with Gasteiger partial charge in [-0.1, -0.05) is 110 Å². The smallest absolute Gasteiger partial charge is 0.402 e. The van der Waals surface area contributed by atoms with Gasteiger partial charge in [-0.2, -0.15) is 17.2 Å². The lowest BCUT2D eigenvalue weighted by Gasteiger charge is -2.12. The van der Waals surface area contributed by atoms with Gasteiger partial charge in [0.05, 0.1) is 0 Å². The number of halogens is 2. The second kappa shape index (κ2) is 17.9. The van der Waals surface area contributed by atoms with Gasteiger partial charge in [0.2, 0.25) is 0 Å². The Morgan fingerprint density at radius 3 is 1.40 bits per heavy atom. The molecule has 180 valence electrons. The Morgan fingerprint density at radius 1 is 0.733 bits per heavy atom. The number of alkyl halides is 2. The van der Waals surface area contributed by atoms with Gasteiger partial charge in [-0.15, -0.1) is 0 Å². The lowest BCUT2D eigenvalue weighted by atomic mass is 10.0. The molecule has 0 saturated heterocycles. The molecule has 0 fully saturated rings. The zero-order chi connectivity index (χ0) is 22.7. The third-order valence-corrected chi connectivity index (χ3v) is 6.14. The van der Waals surface area contributed by atoms with E-state index in [4.69, 9.17) is 4.55 Å². The summed E-state index contributed by atoms with van der Waals surface area (Å²) in [5.74, 6) is -0.876. The van der Waals surface area contributed by atoms with Crippen molar-refractivity contribution in [3.05, 3.63) is 0 Å². The van der Waals surface area contributed by atoms with E-state index >= 15 is 0 Å². The Morgan fingerprint density at radius 2 is 1.07 bits per heavy atom. The van der Waals surface area contributed by atoms with E-state index in [0.29, 0.717) is 6.42 Å². The number of esters is 1. The van der Waals surface area contributed by atoms with E-state index in [9.17, 15) is 22.0 Å². The van der Waals surface area contributed by atoms with Crippen LogP contribution in [0, 0.1) is 0 Å². The molecule has 0 atom stereocenters. The Kier molecular flexibility index (Phi) is 17.4. The summed E-state index contributed by atoms with van der Waals surface area (Å²) in [6, 6.07) is 0. The monoisotopic (exact) mass is 456 g/mol. The molecule has 0 aliphatic heterocycles. The van der Waals surface area contributed by atoms with Crippen molar-refractivity contribution in [1.82, 2.24) is 0 Å². The number of hydrogen-bond donors (Lipinski definition) is 1. The molecular weight excluding hydrogens is 414 g/mol. The minimum Gasteiger partial charge on any atom is -0.458 e. The first-order valence-electron chi connectivity index (χ1n) is 11.7. The van der Waals surface area contributed by atoms with E-state index in [0.717, 1.165) is 19.3 Å². The highest BCUT2D eigenvalue weighted by Gasteiger charge is 2.45. The third kappa shape index (κ3) is 17.0. The van der Waals surface area contributed by atoms with Crippen molar-refractivity contribution < 1.29 is 31.3 Å². The largest absolute Gasteiger partial charge is 0.458 e. The van der Waals surface area contributed by atoms with E-state index in [1.807, 2.05) is 0 Å². The molecule has 0 saturated carbocycles. The molecule has 0 aromatic carbocycles. The van der Waals surface area contributed by atoms with Crippen molar-refractivity contribution in [2.24, 2.45) is 0 Å². The summed E-state index contributed by atoms with van der Waals surface area (Å²) in [5.41, 5.74) is 0. The molecule has 1 N–H and O–H groups in total. The van der Waals surface area contributed by atoms with Crippen LogP contribution >= 0.6 is 0 Å². The molecule has 30 heavy (non-hydrogen) atoms. The average Bonchev–Trinajstić information content (AvgIpc) is 2.68. The van der Waals surface area contributed by atoms with Crippen molar-refractivity contribution >= 4 is 16.1 Å². The minimum absolute atomic E-state index is 0.0276. The lowest BCUT2D eigenvalue weighted by Crippen LogP contribution is -2.34. The molecular formula is C22H42F2O5S. The standard InChI is InChI=1S/C22H42F2O5S/c1-2-3-4-5-6-7-8-9-10-11-12-13-14-15-16-17-18-19-21(25)29-20-22(23,24)30(26,27)28/h2-20H2,1H3,(H,26,27,28). The fourth-order valence-corrected chi connectivity index (χ4v) is 3.51. The summed E-state index contributed by atoms with van der Waals surface area (Å²) in [4.78, 5) is 11.3. The molecule has 0 aromatic heterocycles. The van der Waals surface area contributed by atoms with Crippen molar-refractivity contribution in [2.45, 2.75) is 128 Å². The SMILES string of the molecule is CCCCCCCCCCCCCCCCCCCC(=O)OCC(F)(F)S(=O)(=O)O. The normalized spacial score (nSPS) is 12.3. The molecule has 8 heteroatoms. The summed E-state index contributed by atoms with van der Waals surface area (Å²) in [5, 5.41) is -4.46. The third-order valence-electron chi connectivity index (χ3n) is 5.26. The average molecular weight is 457 g/mol. The van der Waals surface area contributed by atoms with E-state index in [1.54, 1.807) is 0 Å². The molecule has 0 spiro atoms. The van der Waals surface area contributed by atoms with Crippen LogP contribution in [-0.2, 0) is 19.6 Å². The van der Waals surface area contributed by atoms with Gasteiger partial charge in [0.15, 0.2) is 6.61 Å². The fourth-order valence-electron chi connectivity index (χ4n) is 3.31. The van der Waals surface area contributed by atoms with Crippen molar-refractivity contribution in [1.29, 1.82) is 0 Å². The summed E-state index contributed by atoms with van der Waals surface area (Å²) in [7, 11) is -5.56. The quantitative estimate of drug-likeness (QED) is 0.114. The Hall–Kier alpha value is -0.760. The molecule has 0 unspecified atom stereocenters. The van der Waals surface area contributed by atoms with Crippen LogP contribution in [-0.4, -0.2) is 30.8 Å². The summed E-state index contributed by atoms with van der Waals surface area (Å²) >= 11 is 0. The summed E-state index contributed by atoms with van der Waals surface area (Å²) < 4.78 is 59.2. The number of unbranched alkanes of at least 4 members (excludes halogenated alkanes) is 16. The number of carbonyl (C=O) groups excluding carboxylic acids is 1. The summed E-state index contributed by atoms with van der Waals surface area (Å²) in [6.07, 6.45) is 20.6. The van der Waals surface area contributed by atoms with Crippen molar-refractivity contribution in [3.8, 4) is 0 Å². The topological polar surface area (TPSA) is 80.7 Å². The molecule has 0 rings (SSSR count).